The summed E-state index contributed by atoms with van der Waals surface area (Å²) < 4.78 is 22.6. The van der Waals surface area contributed by atoms with Gasteiger partial charge in [-0.2, -0.15) is 0 Å². The van der Waals surface area contributed by atoms with Gasteiger partial charge in [-0.3, -0.25) is 0 Å². The number of nitrogens with one attached hydrogen (secondary N) is 1. The highest BCUT2D eigenvalue weighted by molar-refractivity contribution is 5.82. The number of ether oxygens (including phenoxy) is 2. The summed E-state index contributed by atoms with van der Waals surface area (Å²) in [5, 5.41) is 2.40. The lowest BCUT2D eigenvalue weighted by molar-refractivity contribution is -0.143. The molecule has 0 aliphatic heterocycles. The van der Waals surface area contributed by atoms with E-state index in [-0.39, 0.29) is 0 Å². The lowest BCUT2D eigenvalue weighted by atomic mass is 10.1. The number of rotatable bonds is 3. The topological polar surface area (TPSA) is 64.6 Å². The molecule has 5 nitrogen and oxygen atoms in total. The molecular formula is C14H18FNO4. The number of esters is 1. The van der Waals surface area contributed by atoms with Gasteiger partial charge in [0.1, 0.15) is 11.4 Å². The number of benzene rings is 1. The summed E-state index contributed by atoms with van der Waals surface area (Å²) in [6.07, 6.45) is -0.753. The minimum absolute atomic E-state index is 0.407. The quantitative estimate of drug-likeness (QED) is 0.866. The Balaban J connectivity index is 2.88. The molecule has 0 saturated heterocycles. The van der Waals surface area contributed by atoms with Crippen LogP contribution < -0.4 is 5.32 Å². The van der Waals surface area contributed by atoms with E-state index in [1.165, 1.54) is 31.4 Å². The van der Waals surface area contributed by atoms with Gasteiger partial charge in [0.25, 0.3) is 0 Å². The van der Waals surface area contributed by atoms with Gasteiger partial charge in [0.15, 0.2) is 6.04 Å². The van der Waals surface area contributed by atoms with E-state index in [0.29, 0.717) is 5.56 Å². The molecule has 0 bridgehead atoms. The zero-order chi connectivity index (χ0) is 15.3. The predicted octanol–water partition coefficient (Wildman–Crippen LogP) is 2.56. The Morgan fingerprint density at radius 2 is 1.75 bits per heavy atom. The fourth-order valence-electron chi connectivity index (χ4n) is 1.48. The van der Waals surface area contributed by atoms with E-state index in [9.17, 15) is 14.0 Å². The van der Waals surface area contributed by atoms with Gasteiger partial charge in [0, 0.05) is 0 Å². The maximum Gasteiger partial charge on any atom is 0.408 e. The monoisotopic (exact) mass is 283 g/mol. The Hall–Kier alpha value is -2.11. The van der Waals surface area contributed by atoms with Crippen LogP contribution in [0.25, 0.3) is 0 Å². The van der Waals surface area contributed by atoms with Gasteiger partial charge in [0.2, 0.25) is 0 Å². The van der Waals surface area contributed by atoms with Crippen LogP contribution in [0.1, 0.15) is 32.4 Å². The summed E-state index contributed by atoms with van der Waals surface area (Å²) in [7, 11) is 1.20. The van der Waals surface area contributed by atoms with Gasteiger partial charge in [-0.05, 0) is 38.5 Å². The second-order valence-electron chi connectivity index (χ2n) is 5.15. The molecule has 1 rings (SSSR count). The third-order valence-electron chi connectivity index (χ3n) is 2.30. The number of methoxy groups -OCH3 is 1. The van der Waals surface area contributed by atoms with Crippen molar-refractivity contribution in [2.45, 2.75) is 32.4 Å². The van der Waals surface area contributed by atoms with Crippen LogP contribution in [-0.2, 0) is 14.3 Å². The summed E-state index contributed by atoms with van der Waals surface area (Å²) in [5.74, 6) is -1.10. The number of hydrogen-bond donors (Lipinski definition) is 1. The van der Waals surface area contributed by atoms with Crippen LogP contribution in [0.4, 0.5) is 9.18 Å². The first-order valence-electron chi connectivity index (χ1n) is 6.06. The number of carbonyl (C=O) groups is 2. The van der Waals surface area contributed by atoms with E-state index < -0.39 is 29.5 Å². The third kappa shape index (κ3) is 4.87. The molecule has 0 aliphatic carbocycles. The fourth-order valence-corrected chi connectivity index (χ4v) is 1.48. The van der Waals surface area contributed by atoms with Crippen LogP contribution in [0.5, 0.6) is 0 Å². The van der Waals surface area contributed by atoms with Crippen molar-refractivity contribution >= 4 is 12.1 Å². The van der Waals surface area contributed by atoms with Gasteiger partial charge in [-0.1, -0.05) is 12.1 Å². The largest absolute Gasteiger partial charge is 0.467 e. The molecule has 0 spiro atoms. The molecule has 0 aliphatic rings. The molecule has 0 saturated carbocycles. The van der Waals surface area contributed by atoms with Crippen LogP contribution in [0, 0.1) is 5.82 Å². The molecule has 20 heavy (non-hydrogen) atoms. The van der Waals surface area contributed by atoms with Crippen LogP contribution in [0.2, 0.25) is 0 Å². The molecule has 1 aromatic rings. The second-order valence-corrected chi connectivity index (χ2v) is 5.15. The van der Waals surface area contributed by atoms with Crippen molar-refractivity contribution in [2.24, 2.45) is 0 Å². The molecule has 110 valence electrons. The molecule has 6 heteroatoms. The van der Waals surface area contributed by atoms with Crippen molar-refractivity contribution in [3.63, 3.8) is 0 Å². The average Bonchev–Trinajstić information content (AvgIpc) is 2.34. The summed E-state index contributed by atoms with van der Waals surface area (Å²) in [4.78, 5) is 23.4. The van der Waals surface area contributed by atoms with Gasteiger partial charge in [0.05, 0.1) is 7.11 Å². The van der Waals surface area contributed by atoms with E-state index in [2.05, 4.69) is 10.1 Å². The van der Waals surface area contributed by atoms with Crippen molar-refractivity contribution in [3.05, 3.63) is 35.6 Å². The molecule has 1 N–H and O–H groups in total. The lowest BCUT2D eigenvalue weighted by Crippen LogP contribution is -2.38. The van der Waals surface area contributed by atoms with Crippen LogP contribution in [-0.4, -0.2) is 24.8 Å². The number of carbonyl (C=O) groups excluding carboxylic acids is 2. The number of hydrogen-bond acceptors (Lipinski definition) is 4. The number of halogens is 1. The smallest absolute Gasteiger partial charge is 0.408 e. The maximum atomic E-state index is 12.9. The van der Waals surface area contributed by atoms with Crippen molar-refractivity contribution in [3.8, 4) is 0 Å². The van der Waals surface area contributed by atoms with Crippen LogP contribution in [0.3, 0.4) is 0 Å². The van der Waals surface area contributed by atoms with Crippen molar-refractivity contribution in [1.82, 2.24) is 5.32 Å². The van der Waals surface area contributed by atoms with Crippen LogP contribution in [0.15, 0.2) is 24.3 Å². The Kier molecular flexibility index (Phi) is 5.07. The highest BCUT2D eigenvalue weighted by atomic mass is 19.1. The summed E-state index contributed by atoms with van der Waals surface area (Å²) >= 11 is 0. The number of alkyl carbamates (subject to hydrolysis) is 1. The molecule has 0 fully saturated rings. The number of amides is 1. The van der Waals surface area contributed by atoms with E-state index in [4.69, 9.17) is 4.74 Å². The van der Waals surface area contributed by atoms with Gasteiger partial charge in [-0.25, -0.2) is 14.0 Å². The Labute approximate surface area is 117 Å². The molecule has 0 unspecified atom stereocenters. The fraction of sp³-hybridized carbons (Fsp3) is 0.429. The predicted molar refractivity (Wildman–Crippen MR) is 70.5 cm³/mol. The first-order chi connectivity index (χ1) is 9.23. The average molecular weight is 283 g/mol. The minimum Gasteiger partial charge on any atom is -0.467 e. The molecule has 0 heterocycles. The van der Waals surface area contributed by atoms with Crippen LogP contribution >= 0.6 is 0 Å². The summed E-state index contributed by atoms with van der Waals surface area (Å²) in [6, 6.07) is 4.14. The molecule has 1 aromatic carbocycles. The normalized spacial score (nSPS) is 12.4. The molecule has 0 radical (unpaired) electrons. The third-order valence-corrected chi connectivity index (χ3v) is 2.30. The standard InChI is InChI=1S/C14H18FNO4/c1-14(2,3)20-13(18)16-11(12(17)19-4)9-5-7-10(15)8-6-9/h5-8,11H,1-4H3,(H,16,18)/t11-/m1/s1. The van der Waals surface area contributed by atoms with E-state index >= 15 is 0 Å². The molecular weight excluding hydrogens is 265 g/mol. The van der Waals surface area contributed by atoms with Gasteiger partial charge < -0.3 is 14.8 Å². The van der Waals surface area contributed by atoms with E-state index in [1.54, 1.807) is 20.8 Å². The molecule has 0 aromatic heterocycles. The van der Waals surface area contributed by atoms with Gasteiger partial charge in [-0.15, -0.1) is 0 Å². The Morgan fingerprint density at radius 1 is 1.20 bits per heavy atom. The van der Waals surface area contributed by atoms with E-state index in [0.717, 1.165) is 0 Å². The first-order valence-corrected chi connectivity index (χ1v) is 6.06. The second kappa shape index (κ2) is 6.36. The van der Waals surface area contributed by atoms with E-state index in [1.807, 2.05) is 0 Å². The van der Waals surface area contributed by atoms with Gasteiger partial charge >= 0.3 is 12.1 Å². The molecule has 1 atom stereocenters. The Morgan fingerprint density at radius 3 is 2.20 bits per heavy atom. The highest BCUT2D eigenvalue weighted by Gasteiger charge is 2.26. The highest BCUT2D eigenvalue weighted by Crippen LogP contribution is 2.16. The summed E-state index contributed by atoms with van der Waals surface area (Å²) in [5.41, 5.74) is -0.280. The first kappa shape index (κ1) is 15.9. The SMILES string of the molecule is COC(=O)[C@H](NC(=O)OC(C)(C)C)c1ccc(F)cc1. The Bertz CT molecular complexity index is 479. The van der Waals surface area contributed by atoms with Crippen molar-refractivity contribution in [2.75, 3.05) is 7.11 Å². The van der Waals surface area contributed by atoms with Crippen molar-refractivity contribution < 1.29 is 23.5 Å². The maximum absolute atomic E-state index is 12.9. The zero-order valence-corrected chi connectivity index (χ0v) is 11.9. The summed E-state index contributed by atoms with van der Waals surface area (Å²) in [6.45, 7) is 5.12. The van der Waals surface area contributed by atoms with Crippen molar-refractivity contribution in [1.29, 1.82) is 0 Å². The lowest BCUT2D eigenvalue weighted by Gasteiger charge is -2.22. The minimum atomic E-state index is -1.05. The molecule has 1 amide bonds. The zero-order valence-electron chi connectivity index (χ0n) is 11.9.